The Balaban J connectivity index is 2.40. The zero-order chi connectivity index (χ0) is 14.1. The van der Waals surface area contributed by atoms with Crippen LogP contribution in [0.2, 0.25) is 0 Å². The highest BCUT2D eigenvalue weighted by atomic mass is 16.5. The predicted molar refractivity (Wildman–Crippen MR) is 78.2 cm³/mol. The van der Waals surface area contributed by atoms with Gasteiger partial charge in [0.1, 0.15) is 6.04 Å². The van der Waals surface area contributed by atoms with Crippen LogP contribution in [0.4, 0.5) is 0 Å². The average molecular weight is 270 g/mol. The number of hydrogen-bond donors (Lipinski definition) is 1. The first-order chi connectivity index (χ1) is 9.22. The third kappa shape index (κ3) is 5.49. The van der Waals surface area contributed by atoms with E-state index in [1.54, 1.807) is 0 Å². The lowest BCUT2D eigenvalue weighted by atomic mass is 10.1. The normalized spacial score (nSPS) is 21.5. The highest BCUT2D eigenvalue weighted by Crippen LogP contribution is 2.20. The largest absolute Gasteiger partial charge is 0.465 e. The highest BCUT2D eigenvalue weighted by molar-refractivity contribution is 5.75. The Morgan fingerprint density at radius 3 is 2.84 bits per heavy atom. The van der Waals surface area contributed by atoms with E-state index in [2.05, 4.69) is 24.1 Å². The van der Waals surface area contributed by atoms with Crippen LogP contribution in [-0.2, 0) is 9.53 Å². The standard InChI is InChI=1S/C15H30N2O2/c1-4-10-16-14(15(18)19-6-3)9-12-17-11-7-8-13(17)5-2/h13-14,16H,4-12H2,1-3H3. The number of likely N-dealkylation sites (tertiary alicyclic amines) is 1. The fourth-order valence-electron chi connectivity index (χ4n) is 2.81. The third-order valence-corrected chi connectivity index (χ3v) is 3.89. The van der Waals surface area contributed by atoms with Crippen LogP contribution in [0.15, 0.2) is 0 Å². The van der Waals surface area contributed by atoms with Gasteiger partial charge in [0.15, 0.2) is 0 Å². The molecule has 19 heavy (non-hydrogen) atoms. The number of nitrogens with zero attached hydrogens (tertiary/aromatic N) is 1. The Hall–Kier alpha value is -0.610. The molecule has 4 heteroatoms. The van der Waals surface area contributed by atoms with Crippen molar-refractivity contribution < 1.29 is 9.53 Å². The lowest BCUT2D eigenvalue weighted by Gasteiger charge is -2.25. The molecule has 1 rings (SSSR count). The van der Waals surface area contributed by atoms with Gasteiger partial charge in [-0.3, -0.25) is 4.79 Å². The van der Waals surface area contributed by atoms with Crippen LogP contribution in [0.3, 0.4) is 0 Å². The first-order valence-electron chi connectivity index (χ1n) is 7.86. The number of hydrogen-bond acceptors (Lipinski definition) is 4. The van der Waals surface area contributed by atoms with Crippen molar-refractivity contribution in [2.75, 3.05) is 26.2 Å². The summed E-state index contributed by atoms with van der Waals surface area (Å²) in [5.41, 5.74) is 0. The lowest BCUT2D eigenvalue weighted by molar-refractivity contribution is -0.146. The van der Waals surface area contributed by atoms with E-state index >= 15 is 0 Å². The molecule has 0 spiro atoms. The maximum absolute atomic E-state index is 11.9. The summed E-state index contributed by atoms with van der Waals surface area (Å²) in [5.74, 6) is -0.0943. The molecule has 1 saturated heterocycles. The van der Waals surface area contributed by atoms with E-state index in [1.165, 1.54) is 25.8 Å². The average Bonchev–Trinajstić information content (AvgIpc) is 2.86. The van der Waals surface area contributed by atoms with Gasteiger partial charge in [-0.05, 0) is 52.1 Å². The molecular formula is C15H30N2O2. The van der Waals surface area contributed by atoms with Gasteiger partial charge in [0.2, 0.25) is 0 Å². The Bertz CT molecular complexity index is 259. The van der Waals surface area contributed by atoms with Gasteiger partial charge in [-0.15, -0.1) is 0 Å². The molecule has 1 aliphatic rings. The maximum atomic E-state index is 11.9. The minimum absolute atomic E-state index is 0.0943. The number of nitrogens with one attached hydrogen (secondary N) is 1. The minimum Gasteiger partial charge on any atom is -0.465 e. The van der Waals surface area contributed by atoms with Crippen molar-refractivity contribution in [3.63, 3.8) is 0 Å². The fourth-order valence-corrected chi connectivity index (χ4v) is 2.81. The highest BCUT2D eigenvalue weighted by Gasteiger charge is 2.25. The second-order valence-electron chi connectivity index (χ2n) is 5.29. The first kappa shape index (κ1) is 16.4. The van der Waals surface area contributed by atoms with Crippen molar-refractivity contribution in [1.82, 2.24) is 10.2 Å². The van der Waals surface area contributed by atoms with E-state index in [0.29, 0.717) is 12.6 Å². The second kappa shape index (κ2) is 9.32. The number of ether oxygens (including phenoxy) is 1. The fraction of sp³-hybridized carbons (Fsp3) is 0.933. The molecule has 0 radical (unpaired) electrons. The van der Waals surface area contributed by atoms with Crippen LogP contribution in [-0.4, -0.2) is 49.2 Å². The van der Waals surface area contributed by atoms with Crippen molar-refractivity contribution in [3.8, 4) is 0 Å². The van der Waals surface area contributed by atoms with Gasteiger partial charge in [-0.25, -0.2) is 0 Å². The monoisotopic (exact) mass is 270 g/mol. The van der Waals surface area contributed by atoms with Gasteiger partial charge >= 0.3 is 5.97 Å². The zero-order valence-electron chi connectivity index (χ0n) is 12.8. The number of carbonyl (C=O) groups is 1. The summed E-state index contributed by atoms with van der Waals surface area (Å²) in [6.45, 7) is 9.75. The molecule has 0 saturated carbocycles. The van der Waals surface area contributed by atoms with E-state index in [1.807, 2.05) is 6.92 Å². The number of rotatable bonds is 9. The molecule has 2 atom stereocenters. The van der Waals surface area contributed by atoms with Crippen molar-refractivity contribution in [2.24, 2.45) is 0 Å². The Kier molecular flexibility index (Phi) is 8.07. The molecule has 0 aromatic carbocycles. The SMILES string of the molecule is CCCNC(CCN1CCCC1CC)C(=O)OCC. The summed E-state index contributed by atoms with van der Waals surface area (Å²) in [4.78, 5) is 14.4. The summed E-state index contributed by atoms with van der Waals surface area (Å²) in [6.07, 6.45) is 5.72. The van der Waals surface area contributed by atoms with Gasteiger partial charge in [0.05, 0.1) is 6.61 Å². The van der Waals surface area contributed by atoms with Crippen LogP contribution in [0.5, 0.6) is 0 Å². The van der Waals surface area contributed by atoms with Gasteiger partial charge in [0, 0.05) is 12.6 Å². The molecule has 112 valence electrons. The van der Waals surface area contributed by atoms with Crippen LogP contribution in [0, 0.1) is 0 Å². The molecule has 1 N–H and O–H groups in total. The quantitative estimate of drug-likeness (QED) is 0.652. The molecular weight excluding hydrogens is 240 g/mol. The second-order valence-corrected chi connectivity index (χ2v) is 5.29. The van der Waals surface area contributed by atoms with E-state index in [4.69, 9.17) is 4.74 Å². The summed E-state index contributed by atoms with van der Waals surface area (Å²) >= 11 is 0. The molecule has 4 nitrogen and oxygen atoms in total. The molecule has 0 aromatic heterocycles. The Morgan fingerprint density at radius 2 is 2.21 bits per heavy atom. The minimum atomic E-state index is -0.141. The van der Waals surface area contributed by atoms with E-state index in [-0.39, 0.29) is 12.0 Å². The predicted octanol–water partition coefficient (Wildman–Crippen LogP) is 2.18. The third-order valence-electron chi connectivity index (χ3n) is 3.89. The molecule has 0 amide bonds. The summed E-state index contributed by atoms with van der Waals surface area (Å²) in [7, 11) is 0. The zero-order valence-corrected chi connectivity index (χ0v) is 12.8. The van der Waals surface area contributed by atoms with Crippen LogP contribution in [0.25, 0.3) is 0 Å². The Morgan fingerprint density at radius 1 is 1.42 bits per heavy atom. The van der Waals surface area contributed by atoms with Crippen LogP contribution >= 0.6 is 0 Å². The first-order valence-corrected chi connectivity index (χ1v) is 7.86. The van der Waals surface area contributed by atoms with Gasteiger partial charge in [0.25, 0.3) is 0 Å². The summed E-state index contributed by atoms with van der Waals surface area (Å²) < 4.78 is 5.15. The van der Waals surface area contributed by atoms with Gasteiger partial charge < -0.3 is 15.0 Å². The molecule has 0 bridgehead atoms. The number of esters is 1. The maximum Gasteiger partial charge on any atom is 0.323 e. The molecule has 1 heterocycles. The van der Waals surface area contributed by atoms with E-state index in [0.717, 1.165) is 25.9 Å². The van der Waals surface area contributed by atoms with E-state index in [9.17, 15) is 4.79 Å². The van der Waals surface area contributed by atoms with Crippen molar-refractivity contribution in [3.05, 3.63) is 0 Å². The molecule has 0 aromatic rings. The van der Waals surface area contributed by atoms with Gasteiger partial charge in [-0.1, -0.05) is 13.8 Å². The molecule has 1 fully saturated rings. The van der Waals surface area contributed by atoms with Crippen LogP contribution < -0.4 is 5.32 Å². The van der Waals surface area contributed by atoms with E-state index < -0.39 is 0 Å². The number of carbonyl (C=O) groups excluding carboxylic acids is 1. The Labute approximate surface area is 117 Å². The smallest absolute Gasteiger partial charge is 0.323 e. The van der Waals surface area contributed by atoms with Crippen molar-refractivity contribution in [2.45, 2.75) is 65.0 Å². The van der Waals surface area contributed by atoms with Gasteiger partial charge in [-0.2, -0.15) is 0 Å². The lowest BCUT2D eigenvalue weighted by Crippen LogP contribution is -2.42. The summed E-state index contributed by atoms with van der Waals surface area (Å²) in [5, 5.41) is 3.31. The topological polar surface area (TPSA) is 41.6 Å². The molecule has 1 aliphatic heterocycles. The van der Waals surface area contributed by atoms with Crippen molar-refractivity contribution in [1.29, 1.82) is 0 Å². The summed E-state index contributed by atoms with van der Waals surface area (Å²) in [6, 6.07) is 0.576. The molecule has 2 unspecified atom stereocenters. The van der Waals surface area contributed by atoms with Crippen LogP contribution in [0.1, 0.15) is 52.9 Å². The molecule has 0 aliphatic carbocycles. The van der Waals surface area contributed by atoms with Crippen molar-refractivity contribution >= 4 is 5.97 Å².